The summed E-state index contributed by atoms with van der Waals surface area (Å²) in [5.74, 6) is 0. The van der Waals surface area contributed by atoms with Gasteiger partial charge in [0.05, 0.1) is 12.6 Å². The van der Waals surface area contributed by atoms with Gasteiger partial charge in [-0.3, -0.25) is 4.68 Å². The van der Waals surface area contributed by atoms with Gasteiger partial charge < -0.3 is 0 Å². The Morgan fingerprint density at radius 1 is 1.62 bits per heavy atom. The Balaban J connectivity index is 2.64. The molecule has 0 fully saturated rings. The molecule has 0 spiro atoms. The molecule has 0 aliphatic rings. The minimum Gasteiger partial charge on any atom is -0.268 e. The zero-order chi connectivity index (χ0) is 17.6. The summed E-state index contributed by atoms with van der Waals surface area (Å²) in [5.41, 5.74) is 0.708. The highest BCUT2D eigenvalue weighted by molar-refractivity contribution is 14.1. The van der Waals surface area contributed by atoms with Crippen molar-refractivity contribution in [1.29, 1.82) is 0 Å². The molecule has 84 valence electrons. The third kappa shape index (κ3) is 2.35. The Kier molecular flexibility index (Phi) is 1.68. The summed E-state index contributed by atoms with van der Waals surface area (Å²) in [6.45, 7) is -6.23. The SMILES string of the molecule is [2H]C([2H])([2H])C([2H])(n1cc(-c2ccnc(Cl)n2)c(I)n1)C([2H])([2H])[2H]. The van der Waals surface area contributed by atoms with Crippen LogP contribution in [0.4, 0.5) is 0 Å². The van der Waals surface area contributed by atoms with Gasteiger partial charge in [-0.05, 0) is 54.0 Å². The Morgan fingerprint density at radius 3 is 3.12 bits per heavy atom. The number of aromatic nitrogens is 4. The van der Waals surface area contributed by atoms with Crippen LogP contribution < -0.4 is 0 Å². The van der Waals surface area contributed by atoms with Crippen LogP contribution in [0.2, 0.25) is 5.28 Å². The van der Waals surface area contributed by atoms with Crippen molar-refractivity contribution in [2.75, 3.05) is 0 Å². The molecule has 0 atom stereocenters. The molecule has 0 N–H and O–H groups in total. The summed E-state index contributed by atoms with van der Waals surface area (Å²) >= 11 is 7.53. The standard InChI is InChI=1S/C10H10ClIN4/c1-6(2)16-5-7(9(12)15-16)8-3-4-13-10(11)14-8/h3-6H,1-2H3/i1D3,2D3,6D. The molecule has 0 radical (unpaired) electrons. The third-order valence-electron chi connectivity index (χ3n) is 1.80. The maximum Gasteiger partial charge on any atom is 0.222 e. The average Bonchev–Trinajstić information content (AvgIpc) is 2.77. The average molecular weight is 356 g/mol. The number of hydrogen-bond acceptors (Lipinski definition) is 3. The van der Waals surface area contributed by atoms with Gasteiger partial charge in [0.1, 0.15) is 3.70 Å². The number of nitrogens with zero attached hydrogens (tertiary/aromatic N) is 4. The summed E-state index contributed by atoms with van der Waals surface area (Å²) in [4.78, 5) is 7.71. The molecular formula is C10H10ClIN4. The van der Waals surface area contributed by atoms with Crippen molar-refractivity contribution >= 4 is 34.2 Å². The molecule has 2 rings (SSSR count). The molecular weight excluding hydrogens is 338 g/mol. The molecule has 0 saturated heterocycles. The Bertz CT molecular complexity index is 713. The largest absolute Gasteiger partial charge is 0.268 e. The van der Waals surface area contributed by atoms with E-state index in [0.29, 0.717) is 19.6 Å². The minimum absolute atomic E-state index is 0.0187. The molecule has 0 aromatic carbocycles. The number of rotatable bonds is 2. The Labute approximate surface area is 122 Å². The number of halogens is 2. The van der Waals surface area contributed by atoms with Crippen molar-refractivity contribution < 1.29 is 9.60 Å². The van der Waals surface area contributed by atoms with E-state index >= 15 is 0 Å². The van der Waals surface area contributed by atoms with Gasteiger partial charge in [0.2, 0.25) is 5.28 Å². The zero-order valence-electron chi connectivity index (χ0n) is 14.8. The van der Waals surface area contributed by atoms with E-state index in [1.54, 1.807) is 22.6 Å². The zero-order valence-corrected chi connectivity index (χ0v) is 10.7. The highest BCUT2D eigenvalue weighted by Gasteiger charge is 2.11. The fourth-order valence-electron chi connectivity index (χ4n) is 1.12. The lowest BCUT2D eigenvalue weighted by Gasteiger charge is -2.02. The monoisotopic (exact) mass is 355 g/mol. The molecule has 0 unspecified atom stereocenters. The van der Waals surface area contributed by atoms with Crippen LogP contribution in [0.15, 0.2) is 18.5 Å². The van der Waals surface area contributed by atoms with Crippen LogP contribution in [0, 0.1) is 3.70 Å². The molecule has 2 aromatic heterocycles. The van der Waals surface area contributed by atoms with Gasteiger partial charge in [-0.25, -0.2) is 9.97 Å². The molecule has 0 bridgehead atoms. The van der Waals surface area contributed by atoms with Crippen LogP contribution in [0.25, 0.3) is 11.3 Å². The van der Waals surface area contributed by atoms with Crippen molar-refractivity contribution in [3.63, 3.8) is 0 Å². The van der Waals surface area contributed by atoms with Crippen LogP contribution in [0.5, 0.6) is 0 Å². The van der Waals surface area contributed by atoms with Gasteiger partial charge in [-0.1, -0.05) is 0 Å². The summed E-state index contributed by atoms with van der Waals surface area (Å²) in [5, 5.41) is 3.90. The molecule has 2 aromatic rings. The van der Waals surface area contributed by atoms with Crippen molar-refractivity contribution in [3.05, 3.63) is 27.4 Å². The molecule has 6 heteroatoms. The molecule has 0 aliphatic carbocycles. The van der Waals surface area contributed by atoms with Crippen LogP contribution in [-0.2, 0) is 0 Å². The highest BCUT2D eigenvalue weighted by atomic mass is 127. The normalized spacial score (nSPS) is 19.8. The second-order valence-electron chi connectivity index (χ2n) is 2.84. The van der Waals surface area contributed by atoms with E-state index in [1.807, 2.05) is 0 Å². The molecule has 0 amide bonds. The minimum atomic E-state index is -3.12. The predicted octanol–water partition coefficient (Wildman–Crippen LogP) is 3.18. The second-order valence-corrected chi connectivity index (χ2v) is 4.20. The van der Waals surface area contributed by atoms with E-state index in [1.165, 1.54) is 18.5 Å². The van der Waals surface area contributed by atoms with E-state index in [-0.39, 0.29) is 5.28 Å². The first-order valence-electron chi connectivity index (χ1n) is 7.62. The molecule has 0 aliphatic heterocycles. The maximum absolute atomic E-state index is 8.09. The smallest absolute Gasteiger partial charge is 0.222 e. The van der Waals surface area contributed by atoms with Crippen LogP contribution in [0.3, 0.4) is 0 Å². The van der Waals surface area contributed by atoms with Crippen molar-refractivity contribution in [2.24, 2.45) is 0 Å². The third-order valence-corrected chi connectivity index (χ3v) is 2.78. The van der Waals surface area contributed by atoms with Crippen LogP contribution in [-0.4, -0.2) is 19.7 Å². The molecule has 2 heterocycles. The maximum atomic E-state index is 8.09. The first-order chi connectivity index (χ1) is 10.4. The second kappa shape index (κ2) is 4.67. The van der Waals surface area contributed by atoms with Gasteiger partial charge in [0.25, 0.3) is 0 Å². The first kappa shape index (κ1) is 5.77. The van der Waals surface area contributed by atoms with Gasteiger partial charge in [0.15, 0.2) is 0 Å². The highest BCUT2D eigenvalue weighted by Crippen LogP contribution is 2.24. The lowest BCUT2D eigenvalue weighted by Crippen LogP contribution is -2.00. The van der Waals surface area contributed by atoms with E-state index in [0.717, 1.165) is 0 Å². The van der Waals surface area contributed by atoms with E-state index in [9.17, 15) is 0 Å². The molecule has 4 nitrogen and oxygen atoms in total. The Morgan fingerprint density at radius 2 is 2.44 bits per heavy atom. The lowest BCUT2D eigenvalue weighted by molar-refractivity contribution is 0.529. The first-order valence-corrected chi connectivity index (χ1v) is 5.58. The van der Waals surface area contributed by atoms with Crippen molar-refractivity contribution in [3.8, 4) is 11.3 Å². The molecule has 0 saturated carbocycles. The van der Waals surface area contributed by atoms with Crippen LogP contribution in [0.1, 0.15) is 29.3 Å². The van der Waals surface area contributed by atoms with E-state index in [2.05, 4.69) is 15.1 Å². The van der Waals surface area contributed by atoms with Crippen molar-refractivity contribution in [2.45, 2.75) is 19.7 Å². The lowest BCUT2D eigenvalue weighted by atomic mass is 10.2. The van der Waals surface area contributed by atoms with Gasteiger partial charge in [0, 0.05) is 26.6 Å². The van der Waals surface area contributed by atoms with Gasteiger partial charge in [-0.2, -0.15) is 5.10 Å². The Hall–Kier alpha value is -0.690. The summed E-state index contributed by atoms with van der Waals surface area (Å²) < 4.78 is 53.9. The van der Waals surface area contributed by atoms with E-state index < -0.39 is 19.7 Å². The summed E-state index contributed by atoms with van der Waals surface area (Å²) in [6, 6.07) is -1.40. The quantitative estimate of drug-likeness (QED) is 0.614. The topological polar surface area (TPSA) is 43.6 Å². The fraction of sp³-hybridized carbons (Fsp3) is 0.300. The van der Waals surface area contributed by atoms with Gasteiger partial charge >= 0.3 is 0 Å². The fourth-order valence-corrected chi connectivity index (χ4v) is 1.92. The molecule has 16 heavy (non-hydrogen) atoms. The summed E-state index contributed by atoms with van der Waals surface area (Å²) in [7, 11) is 0. The summed E-state index contributed by atoms with van der Waals surface area (Å²) in [6.07, 6.45) is 2.58. The van der Waals surface area contributed by atoms with Crippen LogP contribution >= 0.6 is 34.2 Å². The van der Waals surface area contributed by atoms with E-state index in [4.69, 9.17) is 21.2 Å². The van der Waals surface area contributed by atoms with Gasteiger partial charge in [-0.15, -0.1) is 0 Å². The predicted molar refractivity (Wildman–Crippen MR) is 71.4 cm³/mol. The van der Waals surface area contributed by atoms with Crippen molar-refractivity contribution in [1.82, 2.24) is 19.7 Å². The number of hydrogen-bond donors (Lipinski definition) is 0.